The van der Waals surface area contributed by atoms with Gasteiger partial charge in [0, 0.05) is 6.42 Å². The van der Waals surface area contributed by atoms with Gasteiger partial charge in [0.2, 0.25) is 5.91 Å². The fourth-order valence-corrected chi connectivity index (χ4v) is 12.7. The Balaban J connectivity index is 2.51. The summed E-state index contributed by atoms with van der Waals surface area (Å²) in [7, 11) is 0. The number of hydrogen-bond acceptors (Lipinski definition) is 10. The lowest BCUT2D eigenvalue weighted by atomic mass is 9.99. The van der Waals surface area contributed by atoms with E-state index < -0.39 is 67.4 Å². The predicted octanol–water partition coefficient (Wildman–Crippen LogP) is 20.7. The standard InChI is InChI=1S/C78H149NO10/c1-4-7-10-13-16-19-22-25-27-29-31-33-35-36-37-39-41-43-45-48-51-54-57-60-63-66-73(83)89-76-75(85)74(84)72(67-80)88-78(76)87-68-69(70(81)64-61-58-55-52-49-46-24-21-18-15-12-9-6-3)79-77(86)71(82)65-62-59-56-53-50-47-44-42-40-38-34-32-30-28-26-23-20-17-14-11-8-5-2/h25,27,61,64,69-72,74-76,78,80-82,84-85H,4-24,26,28-60,62-63,65-68H2,1-3H3,(H,79,86)/b27-25+,64-61+. The predicted molar refractivity (Wildman–Crippen MR) is 375 cm³/mol. The van der Waals surface area contributed by atoms with E-state index >= 15 is 0 Å². The number of aliphatic hydroxyl groups excluding tert-OH is 5. The van der Waals surface area contributed by atoms with Crippen LogP contribution in [0.5, 0.6) is 0 Å². The lowest BCUT2D eigenvalue weighted by molar-refractivity contribution is -0.305. The quantitative estimate of drug-likeness (QED) is 0.0195. The van der Waals surface area contributed by atoms with Gasteiger partial charge in [0.15, 0.2) is 12.4 Å². The number of hydrogen-bond donors (Lipinski definition) is 6. The highest BCUT2D eigenvalue weighted by atomic mass is 16.7. The molecule has 1 rings (SSSR count). The first-order valence-corrected chi connectivity index (χ1v) is 39.1. The van der Waals surface area contributed by atoms with Crippen LogP contribution in [0.1, 0.15) is 400 Å². The summed E-state index contributed by atoms with van der Waals surface area (Å²) < 4.78 is 17.8. The molecule has 1 aliphatic rings. The molecular weight excluding hydrogens is 1110 g/mol. The van der Waals surface area contributed by atoms with Crippen molar-refractivity contribution in [3.8, 4) is 0 Å². The van der Waals surface area contributed by atoms with Crippen molar-refractivity contribution in [1.82, 2.24) is 5.32 Å². The molecule has 89 heavy (non-hydrogen) atoms. The van der Waals surface area contributed by atoms with Crippen molar-refractivity contribution < 1.29 is 49.3 Å². The van der Waals surface area contributed by atoms with Crippen molar-refractivity contribution in [3.63, 3.8) is 0 Å². The van der Waals surface area contributed by atoms with Gasteiger partial charge < -0.3 is 45.1 Å². The van der Waals surface area contributed by atoms with E-state index in [1.165, 1.54) is 295 Å². The van der Waals surface area contributed by atoms with Crippen LogP contribution in [0.25, 0.3) is 0 Å². The van der Waals surface area contributed by atoms with Gasteiger partial charge in [-0.25, -0.2) is 0 Å². The molecule has 1 aliphatic heterocycles. The minimum atomic E-state index is -1.61. The highest BCUT2D eigenvalue weighted by Gasteiger charge is 2.47. The van der Waals surface area contributed by atoms with Crippen LogP contribution in [0, 0.1) is 0 Å². The van der Waals surface area contributed by atoms with Gasteiger partial charge in [0.25, 0.3) is 0 Å². The maximum Gasteiger partial charge on any atom is 0.306 e. The van der Waals surface area contributed by atoms with Crippen molar-refractivity contribution in [3.05, 3.63) is 24.3 Å². The van der Waals surface area contributed by atoms with Crippen LogP contribution in [0.15, 0.2) is 24.3 Å². The summed E-state index contributed by atoms with van der Waals surface area (Å²) in [6.07, 6.45) is 70.9. The molecule has 1 fully saturated rings. The number of carbonyl (C=O) groups is 2. The minimum absolute atomic E-state index is 0.130. The molecule has 1 amide bonds. The maximum atomic E-state index is 13.5. The van der Waals surface area contributed by atoms with Crippen LogP contribution in [0.2, 0.25) is 0 Å². The lowest BCUT2D eigenvalue weighted by Crippen LogP contribution is -2.61. The number of allylic oxidation sites excluding steroid dienone is 3. The smallest absolute Gasteiger partial charge is 0.306 e. The van der Waals surface area contributed by atoms with Crippen molar-refractivity contribution in [2.75, 3.05) is 13.2 Å². The SMILES string of the molecule is CCCCCCCC/C=C/CCCCCCCCCCCCCCCCCC(=O)OC1C(OCC(NC(=O)C(O)CCCCCCCCCCCCCCCCCCCCCCCC)C(O)/C=C/CCCCCCCCCCCCC)OC(CO)C(O)C1O. The van der Waals surface area contributed by atoms with Crippen LogP contribution in [-0.2, 0) is 23.8 Å². The summed E-state index contributed by atoms with van der Waals surface area (Å²) in [5.41, 5.74) is 0. The average Bonchev–Trinajstić information content (AvgIpc) is 1.80. The lowest BCUT2D eigenvalue weighted by Gasteiger charge is -2.41. The molecule has 0 aromatic heterocycles. The zero-order chi connectivity index (χ0) is 64.6. The zero-order valence-corrected chi connectivity index (χ0v) is 58.8. The summed E-state index contributed by atoms with van der Waals surface area (Å²) in [5, 5.41) is 57.4. The van der Waals surface area contributed by atoms with Crippen molar-refractivity contribution in [2.24, 2.45) is 0 Å². The van der Waals surface area contributed by atoms with Gasteiger partial charge in [0.1, 0.15) is 24.4 Å². The normalized spacial score (nSPS) is 18.1. The van der Waals surface area contributed by atoms with Gasteiger partial charge in [-0.15, -0.1) is 0 Å². The van der Waals surface area contributed by atoms with Gasteiger partial charge in [-0.05, 0) is 51.4 Å². The summed E-state index contributed by atoms with van der Waals surface area (Å²) in [6, 6.07) is -1.02. The number of nitrogens with one attached hydrogen (secondary N) is 1. The molecule has 0 bridgehead atoms. The van der Waals surface area contributed by atoms with Gasteiger partial charge in [0.05, 0.1) is 25.4 Å². The first-order chi connectivity index (χ1) is 43.7. The molecule has 0 radical (unpaired) electrons. The second-order valence-corrected chi connectivity index (χ2v) is 27.5. The van der Waals surface area contributed by atoms with E-state index in [-0.39, 0.29) is 13.0 Å². The van der Waals surface area contributed by atoms with Crippen LogP contribution in [-0.4, -0.2) is 99.6 Å². The Hall–Kier alpha value is -1.86. The zero-order valence-electron chi connectivity index (χ0n) is 58.8. The topological polar surface area (TPSA) is 175 Å². The Morgan fingerprint density at radius 2 is 0.742 bits per heavy atom. The van der Waals surface area contributed by atoms with Gasteiger partial charge in [-0.3, -0.25) is 9.59 Å². The number of ether oxygens (including phenoxy) is 3. The summed E-state index contributed by atoms with van der Waals surface area (Å²) >= 11 is 0. The molecule has 526 valence electrons. The Labute approximate surface area is 550 Å². The van der Waals surface area contributed by atoms with Crippen LogP contribution >= 0.6 is 0 Å². The highest BCUT2D eigenvalue weighted by molar-refractivity contribution is 5.80. The Morgan fingerprint density at radius 3 is 1.09 bits per heavy atom. The molecule has 11 nitrogen and oxygen atoms in total. The maximum absolute atomic E-state index is 13.5. The van der Waals surface area contributed by atoms with Crippen molar-refractivity contribution in [1.29, 1.82) is 0 Å². The number of carbonyl (C=O) groups excluding carboxylic acids is 2. The Kier molecular flexibility index (Phi) is 63.3. The number of esters is 1. The minimum Gasteiger partial charge on any atom is -0.454 e. The molecule has 6 N–H and O–H groups in total. The summed E-state index contributed by atoms with van der Waals surface area (Å²) in [5.74, 6) is -1.17. The van der Waals surface area contributed by atoms with E-state index in [1.54, 1.807) is 6.08 Å². The number of aliphatic hydroxyl groups is 5. The Morgan fingerprint density at radius 1 is 0.427 bits per heavy atom. The van der Waals surface area contributed by atoms with E-state index in [0.717, 1.165) is 57.8 Å². The third-order valence-electron chi connectivity index (χ3n) is 18.9. The molecule has 1 heterocycles. The van der Waals surface area contributed by atoms with Gasteiger partial charge >= 0.3 is 5.97 Å². The highest BCUT2D eigenvalue weighted by Crippen LogP contribution is 2.27. The summed E-state index contributed by atoms with van der Waals surface area (Å²) in [6.45, 7) is 5.87. The van der Waals surface area contributed by atoms with E-state index in [1.807, 2.05) is 6.08 Å². The first kappa shape index (κ1) is 85.2. The first-order valence-electron chi connectivity index (χ1n) is 39.1. The largest absolute Gasteiger partial charge is 0.454 e. The molecular formula is C78H149NO10. The number of unbranched alkanes of at least 4 members (excludes halogenated alkanes) is 53. The van der Waals surface area contributed by atoms with Gasteiger partial charge in [-0.2, -0.15) is 0 Å². The average molecular weight is 1260 g/mol. The van der Waals surface area contributed by atoms with Crippen LogP contribution < -0.4 is 5.32 Å². The molecule has 11 heteroatoms. The molecule has 8 atom stereocenters. The molecule has 0 aromatic rings. The van der Waals surface area contributed by atoms with Gasteiger partial charge in [-0.1, -0.05) is 366 Å². The second-order valence-electron chi connectivity index (χ2n) is 27.5. The monoisotopic (exact) mass is 1260 g/mol. The number of amides is 1. The van der Waals surface area contributed by atoms with Crippen molar-refractivity contribution >= 4 is 11.9 Å². The molecule has 8 unspecified atom stereocenters. The molecule has 0 saturated carbocycles. The van der Waals surface area contributed by atoms with E-state index in [0.29, 0.717) is 19.3 Å². The molecule has 1 saturated heterocycles. The fraction of sp³-hybridized carbons (Fsp3) is 0.923. The second kappa shape index (κ2) is 66.2. The van der Waals surface area contributed by atoms with Crippen LogP contribution in [0.3, 0.4) is 0 Å². The third kappa shape index (κ3) is 53.1. The van der Waals surface area contributed by atoms with Crippen LogP contribution in [0.4, 0.5) is 0 Å². The third-order valence-corrected chi connectivity index (χ3v) is 18.9. The number of rotatable bonds is 69. The van der Waals surface area contributed by atoms with Crippen molar-refractivity contribution in [2.45, 2.75) is 449 Å². The molecule has 0 aromatic carbocycles. The molecule has 0 aliphatic carbocycles. The Bertz CT molecular complexity index is 1550. The van der Waals surface area contributed by atoms with E-state index in [2.05, 4.69) is 38.2 Å². The molecule has 0 spiro atoms. The van der Waals surface area contributed by atoms with E-state index in [4.69, 9.17) is 14.2 Å². The van der Waals surface area contributed by atoms with E-state index in [9.17, 15) is 35.1 Å². The fourth-order valence-electron chi connectivity index (χ4n) is 12.7. The summed E-state index contributed by atoms with van der Waals surface area (Å²) in [4.78, 5) is 26.8.